The second kappa shape index (κ2) is 7.38. The quantitative estimate of drug-likeness (QED) is 0.853. The summed E-state index contributed by atoms with van der Waals surface area (Å²) in [7, 11) is 0. The summed E-state index contributed by atoms with van der Waals surface area (Å²) in [5.41, 5.74) is 9.04. The van der Waals surface area contributed by atoms with Crippen molar-refractivity contribution in [2.75, 3.05) is 5.32 Å². The fourth-order valence-electron chi connectivity index (χ4n) is 2.13. The number of hydrogen-bond donors (Lipinski definition) is 2. The SMILES string of the molecule is Cc1cc(Br)ccc1NC(=O)CCC(N)c1ccccc1. The normalized spacial score (nSPS) is 12.0. The van der Waals surface area contributed by atoms with E-state index in [1.165, 1.54) is 0 Å². The van der Waals surface area contributed by atoms with Crippen molar-refractivity contribution < 1.29 is 4.79 Å². The summed E-state index contributed by atoms with van der Waals surface area (Å²) in [5.74, 6) is -0.00759. The summed E-state index contributed by atoms with van der Waals surface area (Å²) in [6.45, 7) is 1.97. The van der Waals surface area contributed by atoms with Gasteiger partial charge in [-0.2, -0.15) is 0 Å². The first-order valence-electron chi connectivity index (χ1n) is 6.93. The fourth-order valence-corrected chi connectivity index (χ4v) is 2.61. The number of halogens is 1. The van der Waals surface area contributed by atoms with Gasteiger partial charge in [-0.1, -0.05) is 46.3 Å². The molecule has 3 N–H and O–H groups in total. The Morgan fingerprint density at radius 2 is 1.95 bits per heavy atom. The number of aryl methyl sites for hydroxylation is 1. The van der Waals surface area contributed by atoms with Gasteiger partial charge >= 0.3 is 0 Å². The van der Waals surface area contributed by atoms with Gasteiger partial charge in [0.05, 0.1) is 0 Å². The van der Waals surface area contributed by atoms with Crippen LogP contribution in [0, 0.1) is 6.92 Å². The third kappa shape index (κ3) is 4.69. The Kier molecular flexibility index (Phi) is 5.53. The lowest BCUT2D eigenvalue weighted by atomic mass is 10.0. The Morgan fingerprint density at radius 1 is 1.24 bits per heavy atom. The Labute approximate surface area is 133 Å². The lowest BCUT2D eigenvalue weighted by molar-refractivity contribution is -0.116. The van der Waals surface area contributed by atoms with Gasteiger partial charge in [-0.15, -0.1) is 0 Å². The molecule has 0 aliphatic heterocycles. The molecule has 0 aliphatic carbocycles. The molecule has 0 heterocycles. The van der Waals surface area contributed by atoms with E-state index in [0.717, 1.165) is 21.3 Å². The monoisotopic (exact) mass is 346 g/mol. The first kappa shape index (κ1) is 15.7. The van der Waals surface area contributed by atoms with Crippen LogP contribution in [0.25, 0.3) is 0 Å². The van der Waals surface area contributed by atoms with E-state index in [9.17, 15) is 4.79 Å². The van der Waals surface area contributed by atoms with Gasteiger partial charge in [-0.25, -0.2) is 0 Å². The number of benzene rings is 2. The molecule has 1 unspecified atom stereocenters. The lowest BCUT2D eigenvalue weighted by Crippen LogP contribution is -2.17. The number of hydrogen-bond acceptors (Lipinski definition) is 2. The minimum Gasteiger partial charge on any atom is -0.326 e. The van der Waals surface area contributed by atoms with Gasteiger partial charge in [0.2, 0.25) is 5.91 Å². The Hall–Kier alpha value is -1.65. The molecule has 0 fully saturated rings. The molecule has 2 rings (SSSR count). The van der Waals surface area contributed by atoms with Crippen LogP contribution < -0.4 is 11.1 Å². The van der Waals surface area contributed by atoms with Crippen LogP contribution in [0.3, 0.4) is 0 Å². The second-order valence-corrected chi connectivity index (χ2v) is 5.98. The topological polar surface area (TPSA) is 55.1 Å². The van der Waals surface area contributed by atoms with Crippen molar-refractivity contribution in [1.82, 2.24) is 0 Å². The van der Waals surface area contributed by atoms with Crippen LogP contribution >= 0.6 is 15.9 Å². The van der Waals surface area contributed by atoms with Crippen LogP contribution in [0.4, 0.5) is 5.69 Å². The minimum atomic E-state index is -0.108. The standard InChI is InChI=1S/C17H19BrN2O/c1-12-11-14(18)7-9-16(12)20-17(21)10-8-15(19)13-5-3-2-4-6-13/h2-7,9,11,15H,8,10,19H2,1H3,(H,20,21). The zero-order valence-electron chi connectivity index (χ0n) is 12.0. The molecule has 0 bridgehead atoms. The van der Waals surface area contributed by atoms with Crippen LogP contribution in [-0.2, 0) is 4.79 Å². The molecule has 0 radical (unpaired) electrons. The Morgan fingerprint density at radius 3 is 2.62 bits per heavy atom. The van der Waals surface area contributed by atoms with E-state index < -0.39 is 0 Å². The summed E-state index contributed by atoms with van der Waals surface area (Å²) >= 11 is 3.41. The van der Waals surface area contributed by atoms with Crippen molar-refractivity contribution in [2.24, 2.45) is 5.73 Å². The number of carbonyl (C=O) groups excluding carboxylic acids is 1. The second-order valence-electron chi connectivity index (χ2n) is 5.06. The highest BCUT2D eigenvalue weighted by atomic mass is 79.9. The first-order chi connectivity index (χ1) is 10.1. The van der Waals surface area contributed by atoms with Gasteiger partial charge in [-0.05, 0) is 42.7 Å². The van der Waals surface area contributed by atoms with Crippen LogP contribution in [-0.4, -0.2) is 5.91 Å². The molecular formula is C17H19BrN2O. The maximum Gasteiger partial charge on any atom is 0.224 e. The third-order valence-electron chi connectivity index (χ3n) is 3.37. The number of amides is 1. The fraction of sp³-hybridized carbons (Fsp3) is 0.235. The molecular weight excluding hydrogens is 328 g/mol. The third-order valence-corrected chi connectivity index (χ3v) is 3.87. The van der Waals surface area contributed by atoms with Crippen LogP contribution in [0.2, 0.25) is 0 Å². The van der Waals surface area contributed by atoms with Crippen LogP contribution in [0.1, 0.15) is 30.0 Å². The highest BCUT2D eigenvalue weighted by Gasteiger charge is 2.10. The predicted molar refractivity (Wildman–Crippen MR) is 90.1 cm³/mol. The zero-order chi connectivity index (χ0) is 15.2. The molecule has 0 saturated carbocycles. The van der Waals surface area contributed by atoms with Crippen molar-refractivity contribution in [3.63, 3.8) is 0 Å². The van der Waals surface area contributed by atoms with Gasteiger partial charge in [0.1, 0.15) is 0 Å². The molecule has 2 aromatic carbocycles. The molecule has 0 saturated heterocycles. The largest absolute Gasteiger partial charge is 0.326 e. The average Bonchev–Trinajstić information content (AvgIpc) is 2.48. The van der Waals surface area contributed by atoms with Gasteiger partial charge in [-0.3, -0.25) is 4.79 Å². The van der Waals surface area contributed by atoms with E-state index in [1.54, 1.807) is 0 Å². The molecule has 1 amide bonds. The molecule has 2 aromatic rings. The molecule has 0 spiro atoms. The molecule has 110 valence electrons. The molecule has 4 heteroatoms. The first-order valence-corrected chi connectivity index (χ1v) is 7.72. The van der Waals surface area contributed by atoms with Gasteiger partial charge in [0.25, 0.3) is 0 Å². The molecule has 0 aliphatic rings. The predicted octanol–water partition coefficient (Wildman–Crippen LogP) is 4.18. The number of carbonyl (C=O) groups is 1. The summed E-state index contributed by atoms with van der Waals surface area (Å²) in [5, 5.41) is 2.93. The highest BCUT2D eigenvalue weighted by molar-refractivity contribution is 9.10. The smallest absolute Gasteiger partial charge is 0.224 e. The minimum absolute atomic E-state index is 0.00759. The summed E-state index contributed by atoms with van der Waals surface area (Å²) in [6, 6.07) is 15.5. The summed E-state index contributed by atoms with van der Waals surface area (Å²) in [6.07, 6.45) is 1.04. The molecule has 21 heavy (non-hydrogen) atoms. The van der Waals surface area contributed by atoms with Gasteiger partial charge in [0.15, 0.2) is 0 Å². The lowest BCUT2D eigenvalue weighted by Gasteiger charge is -2.13. The zero-order valence-corrected chi connectivity index (χ0v) is 13.6. The van der Waals surface area contributed by atoms with Crippen LogP contribution in [0.15, 0.2) is 53.0 Å². The summed E-state index contributed by atoms with van der Waals surface area (Å²) in [4.78, 5) is 12.0. The molecule has 1 atom stereocenters. The van der Waals surface area contributed by atoms with E-state index in [-0.39, 0.29) is 11.9 Å². The maximum atomic E-state index is 12.0. The molecule has 3 nitrogen and oxygen atoms in total. The average molecular weight is 347 g/mol. The van der Waals surface area contributed by atoms with Crippen molar-refractivity contribution >= 4 is 27.5 Å². The van der Waals surface area contributed by atoms with Crippen molar-refractivity contribution in [3.05, 3.63) is 64.1 Å². The molecule has 0 aromatic heterocycles. The van der Waals surface area contributed by atoms with E-state index in [4.69, 9.17) is 5.73 Å². The van der Waals surface area contributed by atoms with E-state index >= 15 is 0 Å². The van der Waals surface area contributed by atoms with E-state index in [1.807, 2.05) is 55.5 Å². The van der Waals surface area contributed by atoms with E-state index in [0.29, 0.717) is 12.8 Å². The van der Waals surface area contributed by atoms with Crippen LogP contribution in [0.5, 0.6) is 0 Å². The van der Waals surface area contributed by atoms with Crippen molar-refractivity contribution in [3.8, 4) is 0 Å². The number of nitrogens with two attached hydrogens (primary N) is 1. The van der Waals surface area contributed by atoms with Crippen molar-refractivity contribution in [1.29, 1.82) is 0 Å². The Balaban J connectivity index is 1.87. The van der Waals surface area contributed by atoms with Crippen molar-refractivity contribution in [2.45, 2.75) is 25.8 Å². The van der Waals surface area contributed by atoms with E-state index in [2.05, 4.69) is 21.2 Å². The number of rotatable bonds is 5. The number of nitrogens with one attached hydrogen (secondary N) is 1. The maximum absolute atomic E-state index is 12.0. The summed E-state index contributed by atoms with van der Waals surface area (Å²) < 4.78 is 1.00. The number of anilines is 1. The van der Waals surface area contributed by atoms with Gasteiger partial charge in [0, 0.05) is 22.6 Å². The Bertz CT molecular complexity index is 613. The van der Waals surface area contributed by atoms with Gasteiger partial charge < -0.3 is 11.1 Å². The highest BCUT2D eigenvalue weighted by Crippen LogP contribution is 2.21.